The van der Waals surface area contributed by atoms with Crippen LogP contribution in [-0.2, 0) is 19.6 Å². The maximum Gasteiger partial charge on any atom is 0.264 e. The molecule has 0 bridgehead atoms. The molecule has 1 saturated heterocycles. The number of nitrogens with one attached hydrogen (secondary N) is 1. The molecule has 1 heterocycles. The Hall–Kier alpha value is -3.65. The molecule has 2 amide bonds. The van der Waals surface area contributed by atoms with Crippen molar-refractivity contribution in [2.24, 2.45) is 0 Å². The van der Waals surface area contributed by atoms with Crippen molar-refractivity contribution >= 4 is 38.9 Å². The van der Waals surface area contributed by atoms with Gasteiger partial charge in [0.15, 0.2) is 0 Å². The molecule has 1 aliphatic heterocycles. The van der Waals surface area contributed by atoms with Gasteiger partial charge in [0.2, 0.25) is 11.8 Å². The lowest BCUT2D eigenvalue weighted by Crippen LogP contribution is -2.38. The number of aryl methyl sites for hydroxylation is 3. The van der Waals surface area contributed by atoms with Crippen LogP contribution in [0.4, 0.5) is 17.1 Å². The molecule has 1 fully saturated rings. The van der Waals surface area contributed by atoms with Crippen LogP contribution in [0.15, 0.2) is 71.6 Å². The lowest BCUT2D eigenvalue weighted by molar-refractivity contribution is -0.117. The number of rotatable bonds is 7. The number of benzene rings is 3. The highest BCUT2D eigenvalue weighted by molar-refractivity contribution is 7.92. The molecule has 3 aromatic rings. The first-order valence-corrected chi connectivity index (χ1v) is 13.0. The quantitative estimate of drug-likeness (QED) is 0.524. The Morgan fingerprint density at radius 3 is 2.20 bits per heavy atom. The number of carbonyl (C=O) groups is 2. The van der Waals surface area contributed by atoms with Gasteiger partial charge < -0.3 is 10.2 Å². The summed E-state index contributed by atoms with van der Waals surface area (Å²) >= 11 is 0. The molecule has 0 aliphatic carbocycles. The van der Waals surface area contributed by atoms with Crippen molar-refractivity contribution in [2.75, 3.05) is 27.6 Å². The predicted octanol–water partition coefficient (Wildman–Crippen LogP) is 4.57. The van der Waals surface area contributed by atoms with E-state index in [0.717, 1.165) is 33.1 Å². The van der Waals surface area contributed by atoms with Gasteiger partial charge in [-0.05, 0) is 75.2 Å². The lowest BCUT2D eigenvalue weighted by atomic mass is 10.1. The van der Waals surface area contributed by atoms with Gasteiger partial charge >= 0.3 is 0 Å². The number of anilines is 3. The van der Waals surface area contributed by atoms with Crippen molar-refractivity contribution in [1.29, 1.82) is 0 Å². The van der Waals surface area contributed by atoms with Crippen molar-refractivity contribution in [2.45, 2.75) is 38.5 Å². The number of hydrogen-bond acceptors (Lipinski definition) is 4. The van der Waals surface area contributed by atoms with Gasteiger partial charge in [0.25, 0.3) is 10.0 Å². The second kappa shape index (κ2) is 9.92. The van der Waals surface area contributed by atoms with E-state index in [-0.39, 0.29) is 17.3 Å². The van der Waals surface area contributed by atoms with E-state index in [1.165, 1.54) is 0 Å². The largest absolute Gasteiger partial charge is 0.325 e. The normalized spacial score (nSPS) is 13.7. The van der Waals surface area contributed by atoms with Crippen LogP contribution in [-0.4, -0.2) is 33.3 Å². The molecule has 1 aliphatic rings. The summed E-state index contributed by atoms with van der Waals surface area (Å²) in [6.45, 7) is 5.95. The summed E-state index contributed by atoms with van der Waals surface area (Å²) in [5.41, 5.74) is 4.46. The Labute approximate surface area is 206 Å². The summed E-state index contributed by atoms with van der Waals surface area (Å²) in [4.78, 5) is 26.8. The minimum Gasteiger partial charge on any atom is -0.325 e. The van der Waals surface area contributed by atoms with Crippen LogP contribution in [0.1, 0.15) is 29.5 Å². The molecular formula is C27H29N3O4S. The van der Waals surface area contributed by atoms with Crippen LogP contribution in [0.5, 0.6) is 0 Å². The molecule has 7 nitrogen and oxygen atoms in total. The topological polar surface area (TPSA) is 86.8 Å². The monoisotopic (exact) mass is 491 g/mol. The van der Waals surface area contributed by atoms with E-state index in [1.54, 1.807) is 59.5 Å². The highest BCUT2D eigenvalue weighted by atomic mass is 32.2. The van der Waals surface area contributed by atoms with Crippen molar-refractivity contribution < 1.29 is 18.0 Å². The average Bonchev–Trinajstić information content (AvgIpc) is 3.24. The fourth-order valence-corrected chi connectivity index (χ4v) is 5.68. The molecule has 0 aromatic heterocycles. The maximum atomic E-state index is 13.6. The highest BCUT2D eigenvalue weighted by Crippen LogP contribution is 2.28. The molecule has 3 aromatic carbocycles. The number of carbonyl (C=O) groups excluding carboxylic acids is 2. The zero-order valence-corrected chi connectivity index (χ0v) is 20.9. The lowest BCUT2D eigenvalue weighted by Gasteiger charge is -2.26. The molecule has 0 radical (unpaired) electrons. The van der Waals surface area contributed by atoms with Crippen LogP contribution in [0.3, 0.4) is 0 Å². The molecule has 0 unspecified atom stereocenters. The average molecular weight is 492 g/mol. The fraction of sp³-hybridized carbons (Fsp3) is 0.259. The van der Waals surface area contributed by atoms with E-state index >= 15 is 0 Å². The Bertz CT molecular complexity index is 1350. The van der Waals surface area contributed by atoms with Gasteiger partial charge in [-0.15, -0.1) is 0 Å². The summed E-state index contributed by atoms with van der Waals surface area (Å²) in [6.07, 6.45) is 1.38. The third-order valence-corrected chi connectivity index (χ3v) is 7.83. The van der Waals surface area contributed by atoms with Crippen molar-refractivity contribution in [1.82, 2.24) is 0 Å². The summed E-state index contributed by atoms with van der Waals surface area (Å²) in [5.74, 6) is -0.377. The Kier molecular flexibility index (Phi) is 6.93. The van der Waals surface area contributed by atoms with Crippen LogP contribution in [0.25, 0.3) is 0 Å². The second-order valence-electron chi connectivity index (χ2n) is 8.86. The van der Waals surface area contributed by atoms with Gasteiger partial charge in [0.1, 0.15) is 6.54 Å². The zero-order chi connectivity index (χ0) is 25.2. The molecule has 0 spiro atoms. The summed E-state index contributed by atoms with van der Waals surface area (Å²) in [5, 5.41) is 2.79. The first kappa shape index (κ1) is 24.5. The number of nitrogens with zero attached hydrogens (tertiary/aromatic N) is 2. The zero-order valence-electron chi connectivity index (χ0n) is 20.1. The van der Waals surface area contributed by atoms with Crippen LogP contribution in [0.2, 0.25) is 0 Å². The third-order valence-electron chi connectivity index (χ3n) is 6.05. The minimum absolute atomic E-state index is 0.0900. The minimum atomic E-state index is -3.99. The third kappa shape index (κ3) is 5.38. The number of sulfonamides is 1. The summed E-state index contributed by atoms with van der Waals surface area (Å²) in [7, 11) is -3.99. The van der Waals surface area contributed by atoms with E-state index in [9.17, 15) is 18.0 Å². The highest BCUT2D eigenvalue weighted by Gasteiger charge is 2.28. The molecule has 35 heavy (non-hydrogen) atoms. The number of amides is 2. The van der Waals surface area contributed by atoms with E-state index in [0.29, 0.717) is 24.3 Å². The second-order valence-corrected chi connectivity index (χ2v) is 10.7. The van der Waals surface area contributed by atoms with Crippen molar-refractivity contribution in [3.05, 3.63) is 83.4 Å². The van der Waals surface area contributed by atoms with Gasteiger partial charge in [0, 0.05) is 24.3 Å². The molecule has 0 saturated carbocycles. The number of hydrogen-bond donors (Lipinski definition) is 1. The maximum absolute atomic E-state index is 13.6. The standard InChI is InChI=1S/C27H29N3O4S/c1-19-6-13-24(14-7-19)35(33,34)30(25-15-8-20(2)17-21(25)3)18-26(31)28-22-9-11-23(12-10-22)29-16-4-5-27(29)32/h6-15,17H,4-5,16,18H2,1-3H3,(H,28,31). The molecule has 4 rings (SSSR count). The Balaban J connectivity index is 1.58. The van der Waals surface area contributed by atoms with Crippen molar-refractivity contribution in [3.63, 3.8) is 0 Å². The molecule has 182 valence electrons. The van der Waals surface area contributed by atoms with E-state index < -0.39 is 15.9 Å². The van der Waals surface area contributed by atoms with Gasteiger partial charge in [-0.2, -0.15) is 0 Å². The van der Waals surface area contributed by atoms with E-state index in [2.05, 4.69) is 5.32 Å². The van der Waals surface area contributed by atoms with Crippen LogP contribution >= 0.6 is 0 Å². The van der Waals surface area contributed by atoms with Crippen LogP contribution < -0.4 is 14.5 Å². The van der Waals surface area contributed by atoms with Crippen LogP contribution in [0, 0.1) is 20.8 Å². The molecule has 8 heteroatoms. The van der Waals surface area contributed by atoms with Gasteiger partial charge in [-0.1, -0.05) is 35.4 Å². The first-order chi connectivity index (χ1) is 16.6. The van der Waals surface area contributed by atoms with Gasteiger partial charge in [0.05, 0.1) is 10.6 Å². The van der Waals surface area contributed by atoms with E-state index in [1.807, 2.05) is 32.9 Å². The molecule has 0 atom stereocenters. The fourth-order valence-electron chi connectivity index (χ4n) is 4.20. The smallest absolute Gasteiger partial charge is 0.264 e. The summed E-state index contributed by atoms with van der Waals surface area (Å²) < 4.78 is 28.4. The predicted molar refractivity (Wildman–Crippen MR) is 138 cm³/mol. The molecular weight excluding hydrogens is 462 g/mol. The van der Waals surface area contributed by atoms with E-state index in [4.69, 9.17) is 0 Å². The summed E-state index contributed by atoms with van der Waals surface area (Å²) in [6, 6.07) is 19.0. The van der Waals surface area contributed by atoms with Gasteiger partial charge in [-0.25, -0.2) is 8.42 Å². The molecule has 1 N–H and O–H groups in total. The Morgan fingerprint density at radius 2 is 1.60 bits per heavy atom. The first-order valence-electron chi connectivity index (χ1n) is 11.5. The Morgan fingerprint density at radius 1 is 0.943 bits per heavy atom. The van der Waals surface area contributed by atoms with Gasteiger partial charge in [-0.3, -0.25) is 13.9 Å². The van der Waals surface area contributed by atoms with Crippen molar-refractivity contribution in [3.8, 4) is 0 Å². The SMILES string of the molecule is Cc1ccc(S(=O)(=O)N(CC(=O)Nc2ccc(N3CCCC3=O)cc2)c2ccc(C)cc2C)cc1.